The quantitative estimate of drug-likeness (QED) is 0.768. The molecule has 0 radical (unpaired) electrons. The van der Waals surface area contributed by atoms with Crippen LogP contribution in [0.2, 0.25) is 5.02 Å². The molecule has 0 unspecified atom stereocenters. The lowest BCUT2D eigenvalue weighted by molar-refractivity contribution is -0.114. The lowest BCUT2D eigenvalue weighted by Gasteiger charge is -2.10. The van der Waals surface area contributed by atoms with Gasteiger partial charge in [0.2, 0.25) is 5.91 Å². The van der Waals surface area contributed by atoms with E-state index in [1.165, 1.54) is 0 Å². The Labute approximate surface area is 138 Å². The predicted octanol–water partition coefficient (Wildman–Crippen LogP) is 3.64. The van der Waals surface area contributed by atoms with E-state index in [1.807, 2.05) is 31.2 Å². The average Bonchev–Trinajstić information content (AvgIpc) is 2.55. The number of carbonyl (C=O) groups is 1. The monoisotopic (exact) mass is 326 g/mol. The summed E-state index contributed by atoms with van der Waals surface area (Å²) in [6.45, 7) is 1.97. The fourth-order valence-electron chi connectivity index (χ4n) is 2.16. The fraction of sp³-hybridized carbons (Fsp3) is 0.118. The van der Waals surface area contributed by atoms with Crippen molar-refractivity contribution >= 4 is 40.0 Å². The summed E-state index contributed by atoms with van der Waals surface area (Å²) in [6, 6.07) is 14.6. The van der Waals surface area contributed by atoms with Crippen molar-refractivity contribution in [1.29, 1.82) is 0 Å². The van der Waals surface area contributed by atoms with E-state index in [2.05, 4.69) is 20.6 Å². The van der Waals surface area contributed by atoms with Crippen LogP contribution in [0, 0.1) is 6.92 Å². The maximum absolute atomic E-state index is 12.0. The number of benzene rings is 2. The second-order valence-electron chi connectivity index (χ2n) is 5.05. The highest BCUT2D eigenvalue weighted by molar-refractivity contribution is 6.30. The number of aromatic nitrogens is 2. The molecule has 1 heterocycles. The number of halogens is 1. The number of amides is 1. The first-order valence-electron chi connectivity index (χ1n) is 7.14. The molecule has 0 saturated carbocycles. The second kappa shape index (κ2) is 6.62. The van der Waals surface area contributed by atoms with Crippen LogP contribution in [0.4, 0.5) is 11.5 Å². The fourth-order valence-corrected chi connectivity index (χ4v) is 2.28. The van der Waals surface area contributed by atoms with Gasteiger partial charge in [-0.2, -0.15) is 0 Å². The van der Waals surface area contributed by atoms with Gasteiger partial charge >= 0.3 is 0 Å². The summed E-state index contributed by atoms with van der Waals surface area (Å²) in [7, 11) is 0. The van der Waals surface area contributed by atoms with Crippen LogP contribution < -0.4 is 10.6 Å². The summed E-state index contributed by atoms with van der Waals surface area (Å²) in [6.07, 6.45) is 0. The number of aryl methyl sites for hydroxylation is 1. The van der Waals surface area contributed by atoms with E-state index < -0.39 is 0 Å². The smallest absolute Gasteiger partial charge is 0.243 e. The van der Waals surface area contributed by atoms with Crippen molar-refractivity contribution in [3.63, 3.8) is 0 Å². The Morgan fingerprint density at radius 1 is 1.04 bits per heavy atom. The molecule has 3 aromatic rings. The molecule has 6 heteroatoms. The predicted molar refractivity (Wildman–Crippen MR) is 92.8 cm³/mol. The number of anilines is 2. The maximum Gasteiger partial charge on any atom is 0.243 e. The minimum atomic E-state index is -0.165. The Morgan fingerprint density at radius 2 is 1.70 bits per heavy atom. The number of nitrogens with one attached hydrogen (secondary N) is 2. The Bertz CT molecular complexity index is 849. The first-order chi connectivity index (χ1) is 11.1. The number of fused-ring (bicyclic) bond motifs is 1. The first-order valence-corrected chi connectivity index (χ1v) is 7.52. The van der Waals surface area contributed by atoms with Crippen LogP contribution >= 0.6 is 11.6 Å². The van der Waals surface area contributed by atoms with Crippen molar-refractivity contribution in [2.45, 2.75) is 6.92 Å². The summed E-state index contributed by atoms with van der Waals surface area (Å²) < 4.78 is 0. The van der Waals surface area contributed by atoms with Gasteiger partial charge in [0.1, 0.15) is 5.82 Å². The molecule has 23 heavy (non-hydrogen) atoms. The van der Waals surface area contributed by atoms with Gasteiger partial charge in [-0.3, -0.25) is 4.79 Å². The zero-order valence-corrected chi connectivity index (χ0v) is 13.3. The number of hydrogen-bond donors (Lipinski definition) is 2. The van der Waals surface area contributed by atoms with Crippen LogP contribution in [-0.2, 0) is 4.79 Å². The van der Waals surface area contributed by atoms with Gasteiger partial charge in [-0.15, -0.1) is 0 Å². The van der Waals surface area contributed by atoms with Crippen molar-refractivity contribution in [2.24, 2.45) is 0 Å². The summed E-state index contributed by atoms with van der Waals surface area (Å²) >= 11 is 5.81. The van der Waals surface area contributed by atoms with Crippen LogP contribution in [0.1, 0.15) is 5.69 Å². The molecule has 0 bridgehead atoms. The van der Waals surface area contributed by atoms with Gasteiger partial charge in [0, 0.05) is 10.7 Å². The highest BCUT2D eigenvalue weighted by Gasteiger charge is 2.07. The van der Waals surface area contributed by atoms with Gasteiger partial charge in [0.15, 0.2) is 0 Å². The summed E-state index contributed by atoms with van der Waals surface area (Å²) in [5.74, 6) is 0.441. The number of carbonyl (C=O) groups excluding carboxylic acids is 1. The molecule has 0 atom stereocenters. The molecule has 1 aromatic heterocycles. The number of nitrogens with zero attached hydrogens (tertiary/aromatic N) is 2. The maximum atomic E-state index is 12.0. The largest absolute Gasteiger partial charge is 0.359 e. The Morgan fingerprint density at radius 3 is 2.39 bits per heavy atom. The van der Waals surface area contributed by atoms with Crippen LogP contribution in [0.3, 0.4) is 0 Å². The SMILES string of the molecule is Cc1nc2ccccc2nc1NCC(=O)Nc1ccc(Cl)cc1. The lowest BCUT2D eigenvalue weighted by Crippen LogP contribution is -2.22. The van der Waals surface area contributed by atoms with Crippen molar-refractivity contribution in [2.75, 3.05) is 17.2 Å². The molecular weight excluding hydrogens is 312 g/mol. The zero-order valence-electron chi connectivity index (χ0n) is 12.5. The van der Waals surface area contributed by atoms with Crippen molar-refractivity contribution in [1.82, 2.24) is 9.97 Å². The molecule has 3 rings (SSSR count). The number of rotatable bonds is 4. The van der Waals surface area contributed by atoms with Gasteiger partial charge in [-0.05, 0) is 43.3 Å². The molecule has 2 N–H and O–H groups in total. The van der Waals surface area contributed by atoms with Crippen LogP contribution in [-0.4, -0.2) is 22.4 Å². The van der Waals surface area contributed by atoms with E-state index >= 15 is 0 Å². The number of para-hydroxylation sites is 2. The first kappa shape index (κ1) is 15.2. The van der Waals surface area contributed by atoms with Crippen molar-refractivity contribution in [3.05, 3.63) is 59.2 Å². The van der Waals surface area contributed by atoms with E-state index in [0.29, 0.717) is 16.5 Å². The topological polar surface area (TPSA) is 66.9 Å². The van der Waals surface area contributed by atoms with Crippen LogP contribution in [0.25, 0.3) is 11.0 Å². The summed E-state index contributed by atoms with van der Waals surface area (Å²) in [5.41, 5.74) is 3.07. The molecule has 0 fully saturated rings. The molecular formula is C17H15ClN4O. The average molecular weight is 327 g/mol. The molecule has 0 saturated heterocycles. The summed E-state index contributed by atoms with van der Waals surface area (Å²) in [5, 5.41) is 6.44. The third-order valence-corrected chi connectivity index (χ3v) is 3.54. The molecule has 0 aliphatic heterocycles. The van der Waals surface area contributed by atoms with E-state index in [1.54, 1.807) is 24.3 Å². The van der Waals surface area contributed by atoms with Crippen molar-refractivity contribution in [3.8, 4) is 0 Å². The van der Waals surface area contributed by atoms with Gasteiger partial charge in [-0.25, -0.2) is 9.97 Å². The van der Waals surface area contributed by atoms with Crippen LogP contribution in [0.5, 0.6) is 0 Å². The second-order valence-corrected chi connectivity index (χ2v) is 5.49. The third-order valence-electron chi connectivity index (χ3n) is 3.29. The zero-order chi connectivity index (χ0) is 16.2. The highest BCUT2D eigenvalue weighted by atomic mass is 35.5. The van der Waals surface area contributed by atoms with Gasteiger partial charge in [0.05, 0.1) is 23.3 Å². The highest BCUT2D eigenvalue weighted by Crippen LogP contribution is 2.16. The molecule has 2 aromatic carbocycles. The molecule has 0 aliphatic carbocycles. The third kappa shape index (κ3) is 3.76. The summed E-state index contributed by atoms with van der Waals surface area (Å²) in [4.78, 5) is 21.0. The van der Waals surface area contributed by atoms with Gasteiger partial charge < -0.3 is 10.6 Å². The normalized spacial score (nSPS) is 10.5. The molecule has 0 spiro atoms. The molecule has 5 nitrogen and oxygen atoms in total. The Hall–Kier alpha value is -2.66. The van der Waals surface area contributed by atoms with E-state index in [-0.39, 0.29) is 12.5 Å². The van der Waals surface area contributed by atoms with Gasteiger partial charge in [0.25, 0.3) is 0 Å². The molecule has 0 aliphatic rings. The standard InChI is InChI=1S/C17H15ClN4O/c1-11-17(22-15-5-3-2-4-14(15)20-11)19-10-16(23)21-13-8-6-12(18)7-9-13/h2-9H,10H2,1H3,(H,19,22)(H,21,23). The Kier molecular flexibility index (Phi) is 4.39. The van der Waals surface area contributed by atoms with Crippen molar-refractivity contribution < 1.29 is 4.79 Å². The molecule has 1 amide bonds. The van der Waals surface area contributed by atoms with Gasteiger partial charge in [-0.1, -0.05) is 23.7 Å². The minimum Gasteiger partial charge on any atom is -0.359 e. The van der Waals surface area contributed by atoms with E-state index in [9.17, 15) is 4.79 Å². The minimum absolute atomic E-state index is 0.108. The molecule has 116 valence electrons. The number of hydrogen-bond acceptors (Lipinski definition) is 4. The van der Waals surface area contributed by atoms with Crippen LogP contribution in [0.15, 0.2) is 48.5 Å². The lowest BCUT2D eigenvalue weighted by atomic mass is 10.3. The van der Waals surface area contributed by atoms with E-state index in [0.717, 1.165) is 16.7 Å². The Balaban J connectivity index is 1.66. The van der Waals surface area contributed by atoms with E-state index in [4.69, 9.17) is 11.6 Å².